The summed E-state index contributed by atoms with van der Waals surface area (Å²) in [6.45, 7) is 8.59. The standard InChI is InChI=1S/C23H37N4O9P/c1-6-9-15(10-7-2)19(28)24-17-11-12-27(22(30)25-17)21-23(5,31)18-16(35-21)13-34-37(32,36-18)26-14(4)20(29)33-8-3/h11-12,14-16,18,21,26,31-32H,6-10,13H2,1-5H3/p+1/t14-,16+,18+,21+,23+,37?/m0/s1. The Hall–Kier alpha value is -1.99. The highest BCUT2D eigenvalue weighted by Crippen LogP contribution is 2.61. The minimum Gasteiger partial charge on any atom is -0.465 e. The van der Waals surface area contributed by atoms with E-state index in [1.807, 2.05) is 13.8 Å². The molecule has 0 aliphatic carbocycles. The van der Waals surface area contributed by atoms with Crippen LogP contribution in [0.3, 0.4) is 0 Å². The first-order valence-electron chi connectivity index (χ1n) is 12.6. The van der Waals surface area contributed by atoms with Gasteiger partial charge in [-0.15, -0.1) is 5.09 Å². The molecule has 1 aromatic heterocycles. The molecule has 1 unspecified atom stereocenters. The molecular weight excluding hydrogens is 507 g/mol. The largest absolute Gasteiger partial charge is 0.500 e. The summed E-state index contributed by atoms with van der Waals surface area (Å²) in [5, 5.41) is 16.6. The van der Waals surface area contributed by atoms with Gasteiger partial charge in [0.1, 0.15) is 30.2 Å². The van der Waals surface area contributed by atoms with Crippen LogP contribution in [0.4, 0.5) is 5.82 Å². The van der Waals surface area contributed by atoms with E-state index in [-0.39, 0.29) is 30.9 Å². The zero-order chi connectivity index (χ0) is 27.4. The van der Waals surface area contributed by atoms with Crippen LogP contribution in [0.5, 0.6) is 0 Å². The first-order chi connectivity index (χ1) is 17.5. The molecule has 1 aromatic rings. The lowest BCUT2D eigenvalue weighted by molar-refractivity contribution is -0.145. The Morgan fingerprint density at radius 1 is 1.32 bits per heavy atom. The predicted octanol–water partition coefficient (Wildman–Crippen LogP) is 1.67. The van der Waals surface area contributed by atoms with E-state index in [2.05, 4.69) is 15.4 Å². The summed E-state index contributed by atoms with van der Waals surface area (Å²) in [5.41, 5.74) is -2.52. The van der Waals surface area contributed by atoms with Crippen molar-refractivity contribution >= 4 is 25.8 Å². The van der Waals surface area contributed by atoms with E-state index in [0.717, 1.165) is 30.3 Å². The molecule has 0 saturated carbocycles. The van der Waals surface area contributed by atoms with Gasteiger partial charge in [0.15, 0.2) is 12.3 Å². The van der Waals surface area contributed by atoms with Crippen LogP contribution in [-0.2, 0) is 28.1 Å². The van der Waals surface area contributed by atoms with Gasteiger partial charge in [-0.1, -0.05) is 26.7 Å². The Bertz CT molecular complexity index is 1020. The zero-order valence-corrected chi connectivity index (χ0v) is 22.8. The fraction of sp³-hybridized carbons (Fsp3) is 0.739. The van der Waals surface area contributed by atoms with E-state index in [4.69, 9.17) is 18.5 Å². The number of carbonyl (C=O) groups excluding carboxylic acids is 2. The molecule has 2 aliphatic heterocycles. The summed E-state index contributed by atoms with van der Waals surface area (Å²) in [6.07, 6.45) is 1.48. The van der Waals surface area contributed by atoms with Gasteiger partial charge in [-0.3, -0.25) is 14.2 Å². The van der Waals surface area contributed by atoms with E-state index in [1.165, 1.54) is 26.1 Å². The maximum absolute atomic E-state index is 12.9. The van der Waals surface area contributed by atoms with Crippen molar-refractivity contribution in [3.8, 4) is 0 Å². The number of ether oxygens (including phenoxy) is 2. The fourth-order valence-electron chi connectivity index (χ4n) is 4.52. The summed E-state index contributed by atoms with van der Waals surface area (Å²) in [6, 6.07) is 0.528. The van der Waals surface area contributed by atoms with Crippen LogP contribution in [0, 0.1) is 5.92 Å². The molecule has 0 spiro atoms. The van der Waals surface area contributed by atoms with Crippen molar-refractivity contribution < 1.29 is 38.1 Å². The van der Waals surface area contributed by atoms with Crippen LogP contribution in [-0.4, -0.2) is 68.5 Å². The highest BCUT2D eigenvalue weighted by molar-refractivity contribution is 7.58. The number of anilines is 1. The molecule has 6 atom stereocenters. The van der Waals surface area contributed by atoms with Crippen molar-refractivity contribution in [2.75, 3.05) is 18.5 Å². The van der Waals surface area contributed by atoms with E-state index in [0.29, 0.717) is 0 Å². The second-order valence-corrected chi connectivity index (χ2v) is 11.2. The van der Waals surface area contributed by atoms with Crippen LogP contribution >= 0.6 is 8.09 Å². The van der Waals surface area contributed by atoms with Crippen LogP contribution in [0.15, 0.2) is 17.1 Å². The lowest BCUT2D eigenvalue weighted by Gasteiger charge is -2.33. The van der Waals surface area contributed by atoms with Crippen molar-refractivity contribution in [2.45, 2.75) is 90.4 Å². The normalized spacial score (nSPS) is 30.1. The van der Waals surface area contributed by atoms with Crippen molar-refractivity contribution in [1.29, 1.82) is 0 Å². The summed E-state index contributed by atoms with van der Waals surface area (Å²) in [4.78, 5) is 52.2. The minimum atomic E-state index is -3.76. The minimum absolute atomic E-state index is 0.107. The molecule has 2 saturated heterocycles. The Labute approximate surface area is 216 Å². The number of aromatic nitrogens is 2. The van der Waals surface area contributed by atoms with E-state index in [9.17, 15) is 24.4 Å². The van der Waals surface area contributed by atoms with Crippen LogP contribution in [0.25, 0.3) is 0 Å². The highest BCUT2D eigenvalue weighted by atomic mass is 31.2. The van der Waals surface area contributed by atoms with Gasteiger partial charge in [0.05, 0.1) is 6.61 Å². The van der Waals surface area contributed by atoms with Crippen molar-refractivity contribution in [1.82, 2.24) is 14.6 Å². The van der Waals surface area contributed by atoms with Gasteiger partial charge in [0.2, 0.25) is 5.91 Å². The number of hydrogen-bond acceptors (Lipinski definition) is 11. The molecule has 13 nitrogen and oxygen atoms in total. The molecule has 1 amide bonds. The van der Waals surface area contributed by atoms with Crippen molar-refractivity contribution in [2.24, 2.45) is 5.92 Å². The molecule has 2 fully saturated rings. The van der Waals surface area contributed by atoms with E-state index >= 15 is 0 Å². The van der Waals surface area contributed by atoms with Crippen molar-refractivity contribution in [3.63, 3.8) is 0 Å². The van der Waals surface area contributed by atoms with Crippen LogP contribution in [0.1, 0.15) is 66.5 Å². The van der Waals surface area contributed by atoms with E-state index < -0.39 is 49.8 Å². The number of aliphatic hydroxyl groups is 1. The molecule has 0 aromatic carbocycles. The maximum Gasteiger partial charge on any atom is 0.500 e. The highest BCUT2D eigenvalue weighted by Gasteiger charge is 2.65. The number of hydrogen-bond donors (Lipinski definition) is 4. The third kappa shape index (κ3) is 6.72. The molecule has 37 heavy (non-hydrogen) atoms. The number of esters is 1. The lowest BCUT2D eigenvalue weighted by Crippen LogP contribution is -2.51. The molecule has 3 rings (SSSR count). The van der Waals surface area contributed by atoms with Gasteiger partial charge in [0.25, 0.3) is 0 Å². The summed E-state index contributed by atoms with van der Waals surface area (Å²) in [5.74, 6) is -0.851. The molecule has 14 heteroatoms. The summed E-state index contributed by atoms with van der Waals surface area (Å²) < 4.78 is 23.1. The second kappa shape index (κ2) is 12.2. The molecular formula is C23H38N4O9P+. The molecule has 0 radical (unpaired) electrons. The van der Waals surface area contributed by atoms with Gasteiger partial charge < -0.3 is 19.9 Å². The monoisotopic (exact) mass is 545 g/mol. The first kappa shape index (κ1) is 29.6. The van der Waals surface area contributed by atoms with Crippen LogP contribution < -0.4 is 16.1 Å². The van der Waals surface area contributed by atoms with Gasteiger partial charge in [-0.05, 0) is 39.7 Å². The number of fused-ring (bicyclic) bond motifs is 1. The van der Waals surface area contributed by atoms with Crippen molar-refractivity contribution in [3.05, 3.63) is 22.7 Å². The Morgan fingerprint density at radius 2 is 2.00 bits per heavy atom. The fourth-order valence-corrected chi connectivity index (χ4v) is 6.32. The molecule has 3 heterocycles. The molecule has 208 valence electrons. The zero-order valence-electron chi connectivity index (χ0n) is 21.9. The Morgan fingerprint density at radius 3 is 2.59 bits per heavy atom. The predicted molar refractivity (Wildman–Crippen MR) is 134 cm³/mol. The smallest absolute Gasteiger partial charge is 0.465 e. The Balaban J connectivity index is 1.73. The SMILES string of the molecule is CCCC(CCC)C(=O)Nc1ccn([C@@H]2O[C@@H]3CO[P+](O)(N[C@@H](C)C(=O)OCC)O[C@H]3[C@@]2(C)O)c(=O)n1. The molecule has 2 aliphatic rings. The third-order valence-electron chi connectivity index (χ3n) is 6.36. The summed E-state index contributed by atoms with van der Waals surface area (Å²) >= 11 is 0. The van der Waals surface area contributed by atoms with Crippen LogP contribution in [0.2, 0.25) is 0 Å². The Kier molecular flexibility index (Phi) is 9.79. The molecule has 0 bridgehead atoms. The average molecular weight is 546 g/mol. The van der Waals surface area contributed by atoms with Gasteiger partial charge in [0, 0.05) is 12.1 Å². The first-order valence-corrected chi connectivity index (χ1v) is 14.2. The number of nitrogens with one attached hydrogen (secondary N) is 2. The topological polar surface area (TPSA) is 170 Å². The van der Waals surface area contributed by atoms with Gasteiger partial charge >= 0.3 is 19.8 Å². The third-order valence-corrected chi connectivity index (χ3v) is 8.09. The quantitative estimate of drug-likeness (QED) is 0.236. The maximum atomic E-state index is 12.9. The number of carbonyl (C=O) groups is 2. The number of nitrogens with zero attached hydrogens (tertiary/aromatic N) is 2. The molecule has 4 N–H and O–H groups in total. The van der Waals surface area contributed by atoms with E-state index in [1.54, 1.807) is 6.92 Å². The van der Waals surface area contributed by atoms with Gasteiger partial charge in [-0.25, -0.2) is 4.79 Å². The van der Waals surface area contributed by atoms with Gasteiger partial charge in [-0.2, -0.15) is 18.9 Å². The number of amides is 1. The summed E-state index contributed by atoms with van der Waals surface area (Å²) in [7, 11) is -3.76. The lowest BCUT2D eigenvalue weighted by atomic mass is 9.96. The number of rotatable bonds is 11. The average Bonchev–Trinajstić information content (AvgIpc) is 3.08. The second-order valence-electron chi connectivity index (χ2n) is 9.46.